The van der Waals surface area contributed by atoms with E-state index >= 15 is 0 Å². The molecule has 0 amide bonds. The first-order valence-corrected chi connectivity index (χ1v) is 6.25. The number of ether oxygens (including phenoxy) is 3. The van der Waals surface area contributed by atoms with Crippen LogP contribution in [0.1, 0.15) is 12.5 Å². The molecule has 0 aliphatic carbocycles. The van der Waals surface area contributed by atoms with E-state index in [1.54, 1.807) is 13.0 Å². The van der Waals surface area contributed by atoms with E-state index in [9.17, 15) is 4.79 Å². The van der Waals surface area contributed by atoms with Gasteiger partial charge < -0.3 is 14.2 Å². The van der Waals surface area contributed by atoms with Gasteiger partial charge in [0.15, 0.2) is 0 Å². The average Bonchev–Trinajstić information content (AvgIpc) is 2.39. The van der Waals surface area contributed by atoms with Gasteiger partial charge in [-0.1, -0.05) is 23.2 Å². The molecule has 1 aromatic rings. The highest BCUT2D eigenvalue weighted by molar-refractivity contribution is 6.39. The van der Waals surface area contributed by atoms with Crippen LogP contribution < -0.4 is 9.47 Å². The molecule has 0 fully saturated rings. The van der Waals surface area contributed by atoms with Crippen LogP contribution in [-0.4, -0.2) is 26.8 Å². The lowest BCUT2D eigenvalue weighted by Crippen LogP contribution is -1.99. The fourth-order valence-corrected chi connectivity index (χ4v) is 2.02. The Bertz CT molecular complexity index is 470. The number of halogens is 2. The van der Waals surface area contributed by atoms with Gasteiger partial charge in [-0.15, -0.1) is 0 Å². The number of carbonyl (C=O) groups excluding carboxylic acids is 1. The van der Waals surface area contributed by atoms with Gasteiger partial charge in [-0.2, -0.15) is 0 Å². The van der Waals surface area contributed by atoms with Crippen molar-refractivity contribution in [1.82, 2.24) is 0 Å². The summed E-state index contributed by atoms with van der Waals surface area (Å²) >= 11 is 12.3. The molecule has 0 unspecified atom stereocenters. The zero-order chi connectivity index (χ0) is 14.4. The Kier molecular flexibility index (Phi) is 5.99. The van der Waals surface area contributed by atoms with Crippen molar-refractivity contribution in [2.75, 3.05) is 20.8 Å². The molecule has 0 N–H and O–H groups in total. The lowest BCUT2D eigenvalue weighted by molar-refractivity contribution is -0.137. The summed E-state index contributed by atoms with van der Waals surface area (Å²) in [4.78, 5) is 11.3. The topological polar surface area (TPSA) is 44.8 Å². The molecule has 0 aromatic heterocycles. The van der Waals surface area contributed by atoms with Gasteiger partial charge in [-0.05, 0) is 13.0 Å². The fourth-order valence-electron chi connectivity index (χ4n) is 1.39. The number of hydrogen-bond acceptors (Lipinski definition) is 4. The molecule has 0 saturated heterocycles. The van der Waals surface area contributed by atoms with Crippen molar-refractivity contribution in [1.29, 1.82) is 0 Å². The molecule has 1 rings (SSSR count). The zero-order valence-electron chi connectivity index (χ0n) is 10.8. The van der Waals surface area contributed by atoms with Crippen LogP contribution in [-0.2, 0) is 9.53 Å². The van der Waals surface area contributed by atoms with Crippen molar-refractivity contribution in [2.45, 2.75) is 6.92 Å². The summed E-state index contributed by atoms with van der Waals surface area (Å²) in [6, 6.07) is 1.58. The van der Waals surface area contributed by atoms with Crippen molar-refractivity contribution in [2.24, 2.45) is 0 Å². The van der Waals surface area contributed by atoms with E-state index in [2.05, 4.69) is 0 Å². The molecule has 0 saturated carbocycles. The largest absolute Gasteiger partial charge is 0.495 e. The van der Waals surface area contributed by atoms with Crippen LogP contribution in [0.4, 0.5) is 0 Å². The molecular weight excluding hydrogens is 291 g/mol. The van der Waals surface area contributed by atoms with Gasteiger partial charge in [0.05, 0.1) is 30.9 Å². The Morgan fingerprint density at radius 2 is 1.74 bits per heavy atom. The normalized spacial score (nSPS) is 10.6. The van der Waals surface area contributed by atoms with Crippen molar-refractivity contribution < 1.29 is 19.0 Å². The van der Waals surface area contributed by atoms with E-state index in [1.807, 2.05) is 0 Å². The van der Waals surface area contributed by atoms with Crippen molar-refractivity contribution in [3.8, 4) is 11.5 Å². The summed E-state index contributed by atoms with van der Waals surface area (Å²) in [5, 5.41) is 0.600. The monoisotopic (exact) mass is 304 g/mol. The number of rotatable bonds is 5. The van der Waals surface area contributed by atoms with E-state index < -0.39 is 5.97 Å². The summed E-state index contributed by atoms with van der Waals surface area (Å²) in [5.74, 6) is 0.342. The minimum atomic E-state index is -0.476. The molecule has 0 radical (unpaired) electrons. The maximum absolute atomic E-state index is 11.3. The third-order valence-electron chi connectivity index (χ3n) is 2.28. The highest BCUT2D eigenvalue weighted by atomic mass is 35.5. The number of methoxy groups -OCH3 is 2. The van der Waals surface area contributed by atoms with E-state index in [0.717, 1.165) is 0 Å². The predicted octanol–water partition coefficient (Wildman–Crippen LogP) is 3.59. The molecule has 19 heavy (non-hydrogen) atoms. The van der Waals surface area contributed by atoms with E-state index in [0.29, 0.717) is 33.7 Å². The van der Waals surface area contributed by atoms with Crippen LogP contribution in [0.3, 0.4) is 0 Å². The maximum Gasteiger partial charge on any atom is 0.330 e. The van der Waals surface area contributed by atoms with E-state index in [-0.39, 0.29) is 0 Å². The standard InChI is InChI=1S/C13H14Cl2O4/c1-4-19-11(16)6-5-8-12(14)9(17-2)7-10(18-3)13(8)15/h5-7H,4H2,1-3H3/b6-5+. The van der Waals surface area contributed by atoms with Gasteiger partial charge in [0.25, 0.3) is 0 Å². The number of benzene rings is 1. The summed E-state index contributed by atoms with van der Waals surface area (Å²) in [5.41, 5.74) is 0.438. The number of esters is 1. The molecule has 0 bridgehead atoms. The minimum Gasteiger partial charge on any atom is -0.495 e. The lowest BCUT2D eigenvalue weighted by Gasteiger charge is -2.12. The Hall–Kier alpha value is -1.39. The van der Waals surface area contributed by atoms with Crippen LogP contribution in [0.25, 0.3) is 6.08 Å². The number of carbonyl (C=O) groups is 1. The first-order chi connectivity index (χ1) is 9.04. The second-order valence-corrected chi connectivity index (χ2v) is 4.16. The van der Waals surface area contributed by atoms with Crippen molar-refractivity contribution in [3.63, 3.8) is 0 Å². The second kappa shape index (κ2) is 7.26. The molecule has 104 valence electrons. The average molecular weight is 305 g/mol. The zero-order valence-corrected chi connectivity index (χ0v) is 12.3. The first kappa shape index (κ1) is 15.7. The van der Waals surface area contributed by atoms with Crippen LogP contribution in [0.5, 0.6) is 11.5 Å². The smallest absolute Gasteiger partial charge is 0.330 e. The highest BCUT2D eigenvalue weighted by Crippen LogP contribution is 2.40. The van der Waals surface area contributed by atoms with Gasteiger partial charge in [0.2, 0.25) is 0 Å². The molecule has 0 spiro atoms. The first-order valence-electron chi connectivity index (χ1n) is 5.49. The third kappa shape index (κ3) is 3.78. The number of hydrogen-bond donors (Lipinski definition) is 0. The molecule has 0 aliphatic heterocycles. The second-order valence-electron chi connectivity index (χ2n) is 3.41. The molecule has 6 heteroatoms. The summed E-state index contributed by atoms with van der Waals surface area (Å²) in [7, 11) is 2.96. The summed E-state index contributed by atoms with van der Waals surface area (Å²) in [6.07, 6.45) is 2.71. The van der Waals surface area contributed by atoms with Crippen LogP contribution in [0.15, 0.2) is 12.1 Å². The SMILES string of the molecule is CCOC(=O)/C=C/c1c(Cl)c(OC)cc(OC)c1Cl. The fraction of sp³-hybridized carbons (Fsp3) is 0.308. The Morgan fingerprint density at radius 3 is 2.16 bits per heavy atom. The highest BCUT2D eigenvalue weighted by Gasteiger charge is 2.15. The maximum atomic E-state index is 11.3. The molecule has 0 atom stereocenters. The van der Waals surface area contributed by atoms with Gasteiger partial charge >= 0.3 is 5.97 Å². The molecule has 0 aliphatic rings. The molecule has 1 aromatic carbocycles. The predicted molar refractivity (Wildman–Crippen MR) is 75.2 cm³/mol. The van der Waals surface area contributed by atoms with Crippen LogP contribution in [0.2, 0.25) is 10.0 Å². The lowest BCUT2D eigenvalue weighted by atomic mass is 10.1. The van der Waals surface area contributed by atoms with Crippen LogP contribution >= 0.6 is 23.2 Å². The Morgan fingerprint density at radius 1 is 1.21 bits per heavy atom. The molecule has 4 nitrogen and oxygen atoms in total. The Labute approximate surface area is 121 Å². The molecule has 0 heterocycles. The quantitative estimate of drug-likeness (QED) is 0.616. The van der Waals surface area contributed by atoms with E-state index in [1.165, 1.54) is 26.4 Å². The van der Waals surface area contributed by atoms with Gasteiger partial charge in [0, 0.05) is 17.7 Å². The van der Waals surface area contributed by atoms with Gasteiger partial charge in [-0.3, -0.25) is 0 Å². The van der Waals surface area contributed by atoms with E-state index in [4.69, 9.17) is 37.4 Å². The molecular formula is C13H14Cl2O4. The third-order valence-corrected chi connectivity index (χ3v) is 3.06. The van der Waals surface area contributed by atoms with Gasteiger partial charge in [0.1, 0.15) is 11.5 Å². The van der Waals surface area contributed by atoms with Gasteiger partial charge in [-0.25, -0.2) is 4.79 Å². The van der Waals surface area contributed by atoms with Crippen LogP contribution in [0, 0.1) is 0 Å². The Balaban J connectivity index is 3.21. The van der Waals surface area contributed by atoms with Crippen molar-refractivity contribution >= 4 is 35.2 Å². The summed E-state index contributed by atoms with van der Waals surface area (Å²) < 4.78 is 15.0. The summed E-state index contributed by atoms with van der Waals surface area (Å²) in [6.45, 7) is 2.02. The van der Waals surface area contributed by atoms with Crippen molar-refractivity contribution in [3.05, 3.63) is 27.8 Å². The minimum absolute atomic E-state index is 0.298.